The Morgan fingerprint density at radius 2 is 0.811 bits per heavy atom. The highest BCUT2D eigenvalue weighted by Crippen LogP contribution is 2.34. The van der Waals surface area contributed by atoms with Gasteiger partial charge in [-0.3, -0.25) is 19.2 Å². The van der Waals surface area contributed by atoms with Crippen molar-refractivity contribution in [3.05, 3.63) is 299 Å². The summed E-state index contributed by atoms with van der Waals surface area (Å²) in [5, 5.41) is 16.5. The average molecular weight is 1220 g/mol. The van der Waals surface area contributed by atoms with Gasteiger partial charge in [-0.1, -0.05) is 152 Å². The number of amides is 4. The Bertz CT molecular complexity index is 4290. The van der Waals surface area contributed by atoms with Crippen LogP contribution in [0.2, 0.25) is 0 Å². The van der Waals surface area contributed by atoms with Gasteiger partial charge < -0.3 is 38.5 Å². The van der Waals surface area contributed by atoms with E-state index in [1.165, 1.54) is 24.3 Å². The molecule has 10 N–H and O–H groups in total. The second kappa shape index (κ2) is 28.8. The largest absolute Gasteiger partial charge is 0.416 e. The smallest absolute Gasteiger partial charge is 0.344 e. The van der Waals surface area contributed by atoms with E-state index in [2.05, 4.69) is 36.6 Å². The molecule has 0 saturated heterocycles. The number of hydrogen-bond donors (Lipinski definition) is 7. The van der Waals surface area contributed by atoms with Crippen LogP contribution in [0.5, 0.6) is 0 Å². The second-order valence-corrected chi connectivity index (χ2v) is 20.6. The first kappa shape index (κ1) is 63.6. The van der Waals surface area contributed by atoms with Gasteiger partial charge in [0.05, 0.1) is 34.2 Å². The molecule has 0 aliphatic carbocycles. The number of rotatable bonds is 17. The van der Waals surface area contributed by atoms with E-state index >= 15 is 0 Å². The molecule has 2 heterocycles. The molecule has 19 heteroatoms. The van der Waals surface area contributed by atoms with Gasteiger partial charge in [-0.15, -0.1) is 0 Å². The molecule has 0 aliphatic heterocycles. The summed E-state index contributed by atoms with van der Waals surface area (Å²) in [4.78, 5) is 61.9. The van der Waals surface area contributed by atoms with Gasteiger partial charge in [0, 0.05) is 52.7 Å². The molecule has 454 valence electrons. The fourth-order valence-electron chi connectivity index (χ4n) is 9.92. The van der Waals surface area contributed by atoms with Crippen LogP contribution in [0.4, 0.5) is 38.0 Å². The molecule has 0 aliphatic rings. The number of nitrogens with one attached hydrogen (secondary N) is 5. The minimum atomic E-state index is -4.45. The zero-order valence-corrected chi connectivity index (χ0v) is 48.0. The SMILES string of the molecule is N.NC[C@@H](NC(=O)c1ccc2nc(NC(=O)c3ccccc3-c3ccc(C(F)(F)F)cc3)ccc2c1)c1ccccc1.O=C(N[C@H](CNCc1ccccc1)c1ccccc1)c1ccc2nc(NC(=O)c3ccccc3-c3ccc(C(F)(F)F)cc3)ccc2c1. The van der Waals surface area contributed by atoms with Crippen molar-refractivity contribution in [3.63, 3.8) is 0 Å². The number of nitrogens with two attached hydrogens (primary N) is 1. The summed E-state index contributed by atoms with van der Waals surface area (Å²) in [6.45, 7) is 1.45. The van der Waals surface area contributed by atoms with Gasteiger partial charge in [-0.25, -0.2) is 9.97 Å². The molecule has 0 fully saturated rings. The minimum absolute atomic E-state index is 0. The lowest BCUT2D eigenvalue weighted by Crippen LogP contribution is -2.35. The third-order valence-corrected chi connectivity index (χ3v) is 14.5. The van der Waals surface area contributed by atoms with E-state index < -0.39 is 35.3 Å². The molecule has 0 bridgehead atoms. The number of fused-ring (bicyclic) bond motifs is 2. The number of pyridine rings is 2. The van der Waals surface area contributed by atoms with Crippen molar-refractivity contribution in [3.8, 4) is 22.3 Å². The van der Waals surface area contributed by atoms with Crippen LogP contribution in [-0.2, 0) is 18.9 Å². The number of carbonyl (C=O) groups excluding carboxylic acids is 4. The van der Waals surface area contributed by atoms with E-state index in [1.807, 2.05) is 91.0 Å². The molecule has 4 amide bonds. The summed E-state index contributed by atoms with van der Waals surface area (Å²) < 4.78 is 78.1. The predicted octanol–water partition coefficient (Wildman–Crippen LogP) is 15.2. The zero-order valence-electron chi connectivity index (χ0n) is 48.0. The fraction of sp³-hybridized carbons (Fsp3) is 0.0986. The third-order valence-electron chi connectivity index (χ3n) is 14.5. The number of hydrogen-bond acceptors (Lipinski definition) is 9. The molecular formula is C71H59F6N9O4. The van der Waals surface area contributed by atoms with Gasteiger partial charge in [0.15, 0.2) is 0 Å². The maximum atomic E-state index is 13.4. The molecule has 0 spiro atoms. The van der Waals surface area contributed by atoms with Crippen LogP contribution in [0.1, 0.15) is 81.3 Å². The van der Waals surface area contributed by atoms with Crippen LogP contribution in [-0.4, -0.2) is 46.7 Å². The van der Waals surface area contributed by atoms with E-state index in [4.69, 9.17) is 5.73 Å². The van der Waals surface area contributed by atoms with Crippen LogP contribution >= 0.6 is 0 Å². The van der Waals surface area contributed by atoms with Gasteiger partial charge in [0.1, 0.15) is 11.6 Å². The second-order valence-electron chi connectivity index (χ2n) is 20.6. The standard InChI is InChI=1S/C39H31F3N4O2.C32H25F3N4O2.H3N/c40-39(41,42)31-19-15-27(16-20-31)32-13-7-8-14-33(32)38(48)46-36-22-18-29-23-30(17-21-34(29)44-36)37(47)45-35(28-11-5-2-6-12-28)25-43-24-26-9-3-1-4-10-26;33-32(34,35)24-14-10-20(11-15-24)25-8-4-5-9-26(25)31(41)39-29-17-13-22-18-23(12-16-27(22)37-29)30(40)38-28(19-36)21-6-2-1-3-7-21;/h1-23,35,43H,24-25H2,(H,45,47)(H,44,46,48);1-18,28H,19,36H2,(H,38,40)(H,37,39,41);1H3/t35-;28-;/m11./s1. The maximum Gasteiger partial charge on any atom is 0.416 e. The molecule has 13 nitrogen and oxygen atoms in total. The van der Waals surface area contributed by atoms with Gasteiger partial charge in [-0.05, 0) is 136 Å². The van der Waals surface area contributed by atoms with E-state index in [9.17, 15) is 45.5 Å². The fourth-order valence-corrected chi connectivity index (χ4v) is 9.92. The highest BCUT2D eigenvalue weighted by atomic mass is 19.4. The van der Waals surface area contributed by atoms with Gasteiger partial charge in [0.25, 0.3) is 23.6 Å². The topological polar surface area (TPSA) is 215 Å². The van der Waals surface area contributed by atoms with Crippen LogP contribution in [0.3, 0.4) is 0 Å². The first-order valence-corrected chi connectivity index (χ1v) is 28.1. The van der Waals surface area contributed by atoms with Crippen LogP contribution < -0.4 is 38.5 Å². The first-order valence-electron chi connectivity index (χ1n) is 28.1. The van der Waals surface area contributed by atoms with E-state index in [0.29, 0.717) is 74.1 Å². The summed E-state index contributed by atoms with van der Waals surface area (Å²) >= 11 is 0. The van der Waals surface area contributed by atoms with Crippen LogP contribution in [0.25, 0.3) is 44.1 Å². The summed E-state index contributed by atoms with van der Waals surface area (Å²) in [6.07, 6.45) is -8.90. The van der Waals surface area contributed by atoms with Crippen molar-refractivity contribution < 1.29 is 45.5 Å². The summed E-state index contributed by atoms with van der Waals surface area (Å²) in [7, 11) is 0. The van der Waals surface area contributed by atoms with Crippen molar-refractivity contribution >= 4 is 57.1 Å². The Hall–Kier alpha value is -10.9. The normalized spacial score (nSPS) is 11.9. The summed E-state index contributed by atoms with van der Waals surface area (Å²) in [6, 6.07) is 68.4. The molecular weight excluding hydrogens is 1160 g/mol. The zero-order chi connectivity index (χ0) is 62.5. The first-order chi connectivity index (χ1) is 43.0. The van der Waals surface area contributed by atoms with E-state index in [0.717, 1.165) is 41.0 Å². The predicted molar refractivity (Wildman–Crippen MR) is 339 cm³/mol. The average Bonchev–Trinajstić information content (AvgIpc) is 2.30. The molecule has 2 atom stereocenters. The Morgan fingerprint density at radius 1 is 0.422 bits per heavy atom. The highest BCUT2D eigenvalue weighted by molar-refractivity contribution is 6.10. The summed E-state index contributed by atoms with van der Waals surface area (Å²) in [5.74, 6) is -0.846. The molecule has 0 radical (unpaired) electrons. The molecule has 11 aromatic rings. The molecule has 2 aromatic heterocycles. The number of halogens is 6. The van der Waals surface area contributed by atoms with E-state index in [-0.39, 0.29) is 53.5 Å². The van der Waals surface area contributed by atoms with Crippen molar-refractivity contribution in [1.82, 2.24) is 32.1 Å². The lowest BCUT2D eigenvalue weighted by molar-refractivity contribution is -0.138. The maximum absolute atomic E-state index is 13.4. The van der Waals surface area contributed by atoms with Crippen LogP contribution in [0, 0.1) is 0 Å². The number of anilines is 2. The Morgan fingerprint density at radius 3 is 1.23 bits per heavy atom. The molecule has 11 rings (SSSR count). The van der Waals surface area contributed by atoms with Crippen molar-refractivity contribution in [2.75, 3.05) is 23.7 Å². The molecule has 0 saturated carbocycles. The van der Waals surface area contributed by atoms with Crippen molar-refractivity contribution in [1.29, 1.82) is 0 Å². The number of benzene rings is 9. The number of nitrogens with zero attached hydrogens (tertiary/aromatic N) is 2. The summed E-state index contributed by atoms with van der Waals surface area (Å²) in [5.41, 5.74) is 12.0. The highest BCUT2D eigenvalue weighted by Gasteiger charge is 2.31. The molecule has 90 heavy (non-hydrogen) atoms. The van der Waals surface area contributed by atoms with Crippen molar-refractivity contribution in [2.45, 2.75) is 31.0 Å². The molecule has 9 aromatic carbocycles. The lowest BCUT2D eigenvalue weighted by Gasteiger charge is -2.20. The van der Waals surface area contributed by atoms with Crippen LogP contribution in [0.15, 0.2) is 249 Å². The monoisotopic (exact) mass is 1220 g/mol. The third kappa shape index (κ3) is 16.0. The Labute approximate surface area is 514 Å². The molecule has 0 unspecified atom stereocenters. The quantitative estimate of drug-likeness (QED) is 0.0431. The van der Waals surface area contributed by atoms with Gasteiger partial charge in [0.2, 0.25) is 0 Å². The van der Waals surface area contributed by atoms with Gasteiger partial charge in [-0.2, -0.15) is 26.3 Å². The number of carbonyl (C=O) groups is 4. The Kier molecular flexibility index (Phi) is 20.3. The number of alkyl halides is 6. The minimum Gasteiger partial charge on any atom is -0.344 e. The van der Waals surface area contributed by atoms with Crippen molar-refractivity contribution in [2.24, 2.45) is 5.73 Å². The Balaban J connectivity index is 0.000000214. The van der Waals surface area contributed by atoms with E-state index in [1.54, 1.807) is 109 Å². The lowest BCUT2D eigenvalue weighted by atomic mass is 9.98. The van der Waals surface area contributed by atoms with Gasteiger partial charge >= 0.3 is 12.4 Å². The number of aromatic nitrogens is 2.